The zero-order valence-corrected chi connectivity index (χ0v) is 11.1. The number of amidine groups is 1. The van der Waals surface area contributed by atoms with Crippen LogP contribution in [-0.2, 0) is 4.79 Å². The van der Waals surface area contributed by atoms with Gasteiger partial charge in [0.25, 0.3) is 0 Å². The van der Waals surface area contributed by atoms with Crippen LogP contribution in [0, 0.1) is 5.41 Å². The van der Waals surface area contributed by atoms with Crippen molar-refractivity contribution in [3.05, 3.63) is 0 Å². The van der Waals surface area contributed by atoms with Crippen LogP contribution in [0.4, 0.5) is 0 Å². The highest BCUT2D eigenvalue weighted by atomic mass is 16.4. The molecule has 3 rings (SSSR count). The molecule has 0 spiro atoms. The molecule has 2 atom stereocenters. The van der Waals surface area contributed by atoms with E-state index in [1.807, 2.05) is 0 Å². The minimum atomic E-state index is -0.725. The summed E-state index contributed by atoms with van der Waals surface area (Å²) in [6, 6.07) is 0.720. The lowest BCUT2D eigenvalue weighted by Crippen LogP contribution is -2.50. The molecule has 4 N–H and O–H groups in total. The van der Waals surface area contributed by atoms with Gasteiger partial charge in [0, 0.05) is 18.6 Å². The molecule has 19 heavy (non-hydrogen) atoms. The number of carbonyl (C=O) groups is 1. The molecule has 2 aliphatic heterocycles. The molecule has 0 aromatic rings. The summed E-state index contributed by atoms with van der Waals surface area (Å²) in [7, 11) is 0. The van der Waals surface area contributed by atoms with Gasteiger partial charge in [-0.25, -0.2) is 0 Å². The fraction of sp³-hybridized carbons (Fsp3) is 0.846. The Morgan fingerprint density at radius 1 is 1.32 bits per heavy atom. The van der Waals surface area contributed by atoms with Crippen LogP contribution in [0.5, 0.6) is 0 Å². The van der Waals surface area contributed by atoms with E-state index in [0.29, 0.717) is 18.9 Å². The van der Waals surface area contributed by atoms with Gasteiger partial charge >= 0.3 is 0 Å². The van der Waals surface area contributed by atoms with Crippen molar-refractivity contribution in [2.45, 2.75) is 50.6 Å². The predicted octanol–water partition coefficient (Wildman–Crippen LogP) is 0.256. The molecule has 1 amide bonds. The molecule has 0 bridgehead atoms. The minimum Gasteiger partial charge on any atom is -0.409 e. The van der Waals surface area contributed by atoms with Gasteiger partial charge in [0.05, 0.1) is 0 Å². The van der Waals surface area contributed by atoms with Crippen LogP contribution in [-0.4, -0.2) is 47.0 Å². The first-order valence-corrected chi connectivity index (χ1v) is 7.20. The average molecular weight is 266 g/mol. The molecule has 2 heterocycles. The van der Waals surface area contributed by atoms with E-state index in [2.05, 4.69) is 15.4 Å². The van der Waals surface area contributed by atoms with E-state index >= 15 is 0 Å². The molecule has 1 saturated carbocycles. The van der Waals surface area contributed by atoms with Crippen molar-refractivity contribution in [2.75, 3.05) is 13.1 Å². The van der Waals surface area contributed by atoms with Gasteiger partial charge in [0.2, 0.25) is 5.91 Å². The third-order valence-electron chi connectivity index (χ3n) is 4.96. The Morgan fingerprint density at radius 3 is 2.79 bits per heavy atom. The van der Waals surface area contributed by atoms with E-state index < -0.39 is 5.41 Å². The number of carbonyl (C=O) groups excluding carboxylic acids is 1. The maximum Gasteiger partial charge on any atom is 0.234 e. The first-order chi connectivity index (χ1) is 9.17. The van der Waals surface area contributed by atoms with E-state index in [9.17, 15) is 4.79 Å². The molecule has 6 heteroatoms. The largest absolute Gasteiger partial charge is 0.409 e. The van der Waals surface area contributed by atoms with Gasteiger partial charge in [0.1, 0.15) is 5.41 Å². The standard InChI is InChI=1S/C13H22N4O2/c14-11(16-19)13(5-6-13)12(18)15-9-4-8-17-7-2-1-3-10(9)17/h9-10,19H,1-8H2,(H2,14,16)(H,15,18). The molecule has 0 radical (unpaired) electrons. The topological polar surface area (TPSA) is 91.0 Å². The third-order valence-corrected chi connectivity index (χ3v) is 4.96. The number of nitrogens with two attached hydrogens (primary N) is 1. The Hall–Kier alpha value is -1.30. The van der Waals surface area contributed by atoms with Crippen LogP contribution in [0.1, 0.15) is 38.5 Å². The number of nitrogens with one attached hydrogen (secondary N) is 1. The monoisotopic (exact) mass is 266 g/mol. The van der Waals surface area contributed by atoms with E-state index in [0.717, 1.165) is 19.5 Å². The first kappa shape index (κ1) is 12.7. The molecule has 1 aliphatic carbocycles. The van der Waals surface area contributed by atoms with Crippen molar-refractivity contribution in [3.8, 4) is 0 Å². The Labute approximate surface area is 113 Å². The maximum absolute atomic E-state index is 12.4. The second-order valence-corrected chi connectivity index (χ2v) is 6.04. The lowest BCUT2D eigenvalue weighted by Gasteiger charge is -2.33. The molecule has 6 nitrogen and oxygen atoms in total. The van der Waals surface area contributed by atoms with Crippen LogP contribution in [0.3, 0.4) is 0 Å². The molecular formula is C13H22N4O2. The Kier molecular flexibility index (Phi) is 3.12. The maximum atomic E-state index is 12.4. The smallest absolute Gasteiger partial charge is 0.234 e. The van der Waals surface area contributed by atoms with Gasteiger partial charge in [0.15, 0.2) is 5.84 Å². The number of hydrogen-bond donors (Lipinski definition) is 3. The summed E-state index contributed by atoms with van der Waals surface area (Å²) in [4.78, 5) is 14.8. The van der Waals surface area contributed by atoms with Crippen molar-refractivity contribution in [1.82, 2.24) is 10.2 Å². The SMILES string of the molecule is NC(=NO)C1(C(=O)NC2CCN3CCCCC23)CC1. The van der Waals surface area contributed by atoms with Crippen LogP contribution in [0.15, 0.2) is 5.16 Å². The highest BCUT2D eigenvalue weighted by Crippen LogP contribution is 2.46. The van der Waals surface area contributed by atoms with Gasteiger partial charge in [-0.3, -0.25) is 9.69 Å². The van der Waals surface area contributed by atoms with Gasteiger partial charge in [-0.15, -0.1) is 0 Å². The average Bonchev–Trinajstić information content (AvgIpc) is 3.16. The fourth-order valence-corrected chi connectivity index (χ4v) is 3.54. The van der Waals surface area contributed by atoms with Crippen molar-refractivity contribution >= 4 is 11.7 Å². The molecule has 106 valence electrons. The highest BCUT2D eigenvalue weighted by molar-refractivity contribution is 6.09. The quantitative estimate of drug-likeness (QED) is 0.296. The second-order valence-electron chi connectivity index (χ2n) is 6.04. The van der Waals surface area contributed by atoms with E-state index in [4.69, 9.17) is 10.9 Å². The Morgan fingerprint density at radius 2 is 2.11 bits per heavy atom. The molecule has 0 aromatic heterocycles. The van der Waals surface area contributed by atoms with E-state index in [1.165, 1.54) is 19.3 Å². The summed E-state index contributed by atoms with van der Waals surface area (Å²) in [5.41, 5.74) is 4.92. The second kappa shape index (κ2) is 4.67. The van der Waals surface area contributed by atoms with Crippen molar-refractivity contribution < 1.29 is 10.0 Å². The first-order valence-electron chi connectivity index (χ1n) is 7.20. The molecular weight excluding hydrogens is 244 g/mol. The summed E-state index contributed by atoms with van der Waals surface area (Å²) >= 11 is 0. The van der Waals surface area contributed by atoms with Crippen LogP contribution >= 0.6 is 0 Å². The number of oxime groups is 1. The lowest BCUT2D eigenvalue weighted by molar-refractivity contribution is -0.125. The zero-order chi connectivity index (χ0) is 13.5. The number of rotatable bonds is 3. The summed E-state index contributed by atoms with van der Waals surface area (Å²) in [6.45, 7) is 2.23. The van der Waals surface area contributed by atoms with Crippen LogP contribution in [0.25, 0.3) is 0 Å². The number of piperidine rings is 1. The molecule has 3 aliphatic rings. The molecule has 2 unspecified atom stereocenters. The van der Waals surface area contributed by atoms with Gasteiger partial charge < -0.3 is 16.3 Å². The lowest BCUT2D eigenvalue weighted by atomic mass is 9.97. The Balaban J connectivity index is 1.64. The molecule has 0 aromatic carbocycles. The van der Waals surface area contributed by atoms with Crippen molar-refractivity contribution in [3.63, 3.8) is 0 Å². The van der Waals surface area contributed by atoms with E-state index in [1.54, 1.807) is 0 Å². The molecule has 2 saturated heterocycles. The van der Waals surface area contributed by atoms with Gasteiger partial charge in [-0.1, -0.05) is 11.6 Å². The van der Waals surface area contributed by atoms with Gasteiger partial charge in [-0.2, -0.15) is 0 Å². The van der Waals surface area contributed by atoms with E-state index in [-0.39, 0.29) is 17.8 Å². The molecule has 3 fully saturated rings. The number of fused-ring (bicyclic) bond motifs is 1. The normalized spacial score (nSPS) is 33.8. The summed E-state index contributed by atoms with van der Waals surface area (Å²) in [6.07, 6.45) is 6.08. The Bertz CT molecular complexity index is 405. The van der Waals surface area contributed by atoms with Crippen LogP contribution in [0.2, 0.25) is 0 Å². The zero-order valence-electron chi connectivity index (χ0n) is 11.1. The number of nitrogens with zero attached hydrogens (tertiary/aromatic N) is 2. The predicted molar refractivity (Wildman–Crippen MR) is 70.8 cm³/mol. The fourth-order valence-electron chi connectivity index (χ4n) is 3.54. The summed E-state index contributed by atoms with van der Waals surface area (Å²) in [5.74, 6) is 0.00345. The third kappa shape index (κ3) is 2.08. The van der Waals surface area contributed by atoms with Crippen LogP contribution < -0.4 is 11.1 Å². The summed E-state index contributed by atoms with van der Waals surface area (Å²) < 4.78 is 0. The van der Waals surface area contributed by atoms with Gasteiger partial charge in [-0.05, 0) is 38.6 Å². The minimum absolute atomic E-state index is 0.0553. The van der Waals surface area contributed by atoms with Crippen molar-refractivity contribution in [2.24, 2.45) is 16.3 Å². The number of hydrogen-bond acceptors (Lipinski definition) is 4. The highest BCUT2D eigenvalue weighted by Gasteiger charge is 2.55. The van der Waals surface area contributed by atoms with Crippen molar-refractivity contribution in [1.29, 1.82) is 0 Å². The summed E-state index contributed by atoms with van der Waals surface area (Å²) in [5, 5.41) is 14.9. The number of amides is 1.